The van der Waals surface area contributed by atoms with Crippen LogP contribution in [0.1, 0.15) is 31.7 Å². The van der Waals surface area contributed by atoms with Crippen LogP contribution in [0.15, 0.2) is 24.5 Å². The highest BCUT2D eigenvalue weighted by Crippen LogP contribution is 2.33. The quantitative estimate of drug-likeness (QED) is 0.864. The summed E-state index contributed by atoms with van der Waals surface area (Å²) in [6.07, 6.45) is 5.70. The number of nitrogens with one attached hydrogen (secondary N) is 1. The number of carbonyl (C=O) groups excluding carboxylic acids is 1. The van der Waals surface area contributed by atoms with Gasteiger partial charge in [0.25, 0.3) is 0 Å². The summed E-state index contributed by atoms with van der Waals surface area (Å²) in [5, 5.41) is 12.4. The highest BCUT2D eigenvalue weighted by molar-refractivity contribution is 5.92. The Kier molecular flexibility index (Phi) is 4.00. The summed E-state index contributed by atoms with van der Waals surface area (Å²) >= 11 is 0. The number of piperidine rings is 1. The van der Waals surface area contributed by atoms with E-state index >= 15 is 0 Å². The van der Waals surface area contributed by atoms with Crippen LogP contribution in [0.5, 0.6) is 0 Å². The van der Waals surface area contributed by atoms with Crippen molar-refractivity contribution < 1.29 is 4.79 Å². The molecule has 1 saturated carbocycles. The first-order valence-corrected chi connectivity index (χ1v) is 8.99. The van der Waals surface area contributed by atoms with Crippen LogP contribution in [0.2, 0.25) is 0 Å². The van der Waals surface area contributed by atoms with Gasteiger partial charge in [0.05, 0.1) is 16.8 Å². The van der Waals surface area contributed by atoms with E-state index in [2.05, 4.69) is 33.2 Å². The molecule has 0 bridgehead atoms. The van der Waals surface area contributed by atoms with Crippen molar-refractivity contribution in [1.82, 2.24) is 15.3 Å². The highest BCUT2D eigenvalue weighted by atomic mass is 16.2. The maximum atomic E-state index is 12.3. The van der Waals surface area contributed by atoms with Crippen molar-refractivity contribution in [3.8, 4) is 6.07 Å². The molecular formula is C19H22N6O. The van der Waals surface area contributed by atoms with Crippen molar-refractivity contribution in [3.63, 3.8) is 0 Å². The summed E-state index contributed by atoms with van der Waals surface area (Å²) in [5.41, 5.74) is 8.18. The Morgan fingerprint density at radius 3 is 2.73 bits per heavy atom. The largest absolute Gasteiger partial charge is 0.367 e. The number of aromatic nitrogens is 2. The van der Waals surface area contributed by atoms with E-state index in [1.807, 2.05) is 6.07 Å². The van der Waals surface area contributed by atoms with Crippen LogP contribution in [0.3, 0.4) is 0 Å². The first-order chi connectivity index (χ1) is 12.5. The number of fused-ring (bicyclic) bond motifs is 1. The monoisotopic (exact) mass is 350 g/mol. The second-order valence-electron chi connectivity index (χ2n) is 7.57. The molecule has 1 saturated heterocycles. The Hall–Kier alpha value is -2.72. The average Bonchev–Trinajstić information content (AvgIpc) is 3.39. The van der Waals surface area contributed by atoms with E-state index in [9.17, 15) is 10.1 Å². The van der Waals surface area contributed by atoms with Gasteiger partial charge in [-0.2, -0.15) is 5.26 Å². The Bertz CT molecular complexity index is 901. The second kappa shape index (κ2) is 6.22. The van der Waals surface area contributed by atoms with Crippen LogP contribution in [0.4, 0.5) is 5.69 Å². The summed E-state index contributed by atoms with van der Waals surface area (Å²) in [4.78, 5) is 23.4. The number of hydrogen-bond acceptors (Lipinski definition) is 6. The molecule has 4 rings (SSSR count). The van der Waals surface area contributed by atoms with Crippen LogP contribution in [-0.4, -0.2) is 40.5 Å². The molecule has 0 spiro atoms. The van der Waals surface area contributed by atoms with E-state index in [4.69, 9.17) is 5.73 Å². The Balaban J connectivity index is 1.62. The second-order valence-corrected chi connectivity index (χ2v) is 7.57. The van der Waals surface area contributed by atoms with Crippen LogP contribution < -0.4 is 16.0 Å². The van der Waals surface area contributed by atoms with Crippen molar-refractivity contribution in [3.05, 3.63) is 30.1 Å². The number of nitrogens with two attached hydrogens (primary N) is 1. The van der Waals surface area contributed by atoms with E-state index in [0.29, 0.717) is 23.5 Å². The fourth-order valence-electron chi connectivity index (χ4n) is 3.73. The first-order valence-electron chi connectivity index (χ1n) is 8.99. The molecule has 26 heavy (non-hydrogen) atoms. The van der Waals surface area contributed by atoms with Gasteiger partial charge in [-0.25, -0.2) is 0 Å². The fourth-order valence-corrected chi connectivity index (χ4v) is 3.73. The molecule has 1 aromatic heterocycles. The van der Waals surface area contributed by atoms with Gasteiger partial charge in [-0.1, -0.05) is 6.92 Å². The van der Waals surface area contributed by atoms with Gasteiger partial charge in [-0.05, 0) is 37.3 Å². The molecule has 1 aromatic carbocycles. The van der Waals surface area contributed by atoms with Crippen LogP contribution in [-0.2, 0) is 4.79 Å². The lowest BCUT2D eigenvalue weighted by molar-refractivity contribution is -0.124. The summed E-state index contributed by atoms with van der Waals surface area (Å²) in [5.74, 6) is 0.380. The van der Waals surface area contributed by atoms with Crippen LogP contribution >= 0.6 is 0 Å². The first kappa shape index (κ1) is 16.7. The topological polar surface area (TPSA) is 108 Å². The molecule has 2 aromatic rings. The maximum absolute atomic E-state index is 12.3. The summed E-state index contributed by atoms with van der Waals surface area (Å²) in [6.45, 7) is 3.75. The number of benzene rings is 1. The van der Waals surface area contributed by atoms with Gasteiger partial charge in [-0.15, -0.1) is 0 Å². The third kappa shape index (κ3) is 2.97. The molecule has 7 heteroatoms. The average molecular weight is 350 g/mol. The zero-order valence-electron chi connectivity index (χ0n) is 14.8. The van der Waals surface area contributed by atoms with Crippen molar-refractivity contribution >= 4 is 22.6 Å². The molecule has 3 N–H and O–H groups in total. The zero-order chi connectivity index (χ0) is 18.3. The highest BCUT2D eigenvalue weighted by Gasteiger charge is 2.46. The van der Waals surface area contributed by atoms with E-state index in [1.165, 1.54) is 0 Å². The van der Waals surface area contributed by atoms with Gasteiger partial charge in [0.1, 0.15) is 17.1 Å². The third-order valence-electron chi connectivity index (χ3n) is 5.30. The number of anilines is 1. The molecule has 1 amide bonds. The van der Waals surface area contributed by atoms with Gasteiger partial charge in [0.2, 0.25) is 5.91 Å². The molecule has 2 fully saturated rings. The molecule has 7 nitrogen and oxygen atoms in total. The number of carbonyl (C=O) groups is 1. The predicted octanol–water partition coefficient (Wildman–Crippen LogP) is 1.32. The standard InChI is InChI=1S/C19H22N6O/c1-12-8-14(24-18(26)19(21)4-5-19)11-25(10-12)15-3-2-13(9-20)16-17(15)23-7-6-22-16/h2-3,6-7,12,14H,4-5,8,10-11,21H2,1H3,(H,24,26)/t12-,14+/m0/s1. The Morgan fingerprint density at radius 2 is 2.04 bits per heavy atom. The molecular weight excluding hydrogens is 328 g/mol. The lowest BCUT2D eigenvalue weighted by Crippen LogP contribution is -2.54. The van der Waals surface area contributed by atoms with E-state index in [0.717, 1.165) is 37.0 Å². The lowest BCUT2D eigenvalue weighted by Gasteiger charge is -2.38. The van der Waals surface area contributed by atoms with Gasteiger partial charge >= 0.3 is 0 Å². The molecule has 134 valence electrons. The van der Waals surface area contributed by atoms with Gasteiger partial charge < -0.3 is 16.0 Å². The van der Waals surface area contributed by atoms with E-state index < -0.39 is 5.54 Å². The Labute approximate surface area is 152 Å². The minimum atomic E-state index is -0.655. The van der Waals surface area contributed by atoms with E-state index in [1.54, 1.807) is 18.5 Å². The molecule has 2 atom stereocenters. The summed E-state index contributed by atoms with van der Waals surface area (Å²) in [7, 11) is 0. The summed E-state index contributed by atoms with van der Waals surface area (Å²) < 4.78 is 0. The number of nitrogens with zero attached hydrogens (tertiary/aromatic N) is 4. The maximum Gasteiger partial charge on any atom is 0.240 e. The fraction of sp³-hybridized carbons (Fsp3) is 0.474. The van der Waals surface area contributed by atoms with E-state index in [-0.39, 0.29) is 11.9 Å². The minimum Gasteiger partial charge on any atom is -0.367 e. The number of hydrogen-bond donors (Lipinski definition) is 2. The normalized spacial score (nSPS) is 24.1. The van der Waals surface area contributed by atoms with Crippen molar-refractivity contribution in [1.29, 1.82) is 5.26 Å². The number of nitriles is 1. The SMILES string of the molecule is C[C@H]1C[C@@H](NC(=O)C2(N)CC2)CN(c2ccc(C#N)c3nccnc23)C1. The Morgan fingerprint density at radius 1 is 1.31 bits per heavy atom. The van der Waals surface area contributed by atoms with Gasteiger partial charge in [-0.3, -0.25) is 14.8 Å². The van der Waals surface area contributed by atoms with Crippen molar-refractivity contribution in [2.75, 3.05) is 18.0 Å². The van der Waals surface area contributed by atoms with Crippen LogP contribution in [0, 0.1) is 17.2 Å². The van der Waals surface area contributed by atoms with Gasteiger partial charge in [0.15, 0.2) is 0 Å². The number of amides is 1. The lowest BCUT2D eigenvalue weighted by atomic mass is 9.94. The molecule has 1 aliphatic carbocycles. The molecule has 2 aliphatic rings. The molecule has 1 aliphatic heterocycles. The predicted molar refractivity (Wildman–Crippen MR) is 98.3 cm³/mol. The van der Waals surface area contributed by atoms with Gasteiger partial charge in [0, 0.05) is 31.5 Å². The molecule has 0 radical (unpaired) electrons. The van der Waals surface area contributed by atoms with Crippen molar-refractivity contribution in [2.24, 2.45) is 11.7 Å². The zero-order valence-corrected chi connectivity index (χ0v) is 14.8. The smallest absolute Gasteiger partial charge is 0.240 e. The van der Waals surface area contributed by atoms with Crippen LogP contribution in [0.25, 0.3) is 11.0 Å². The van der Waals surface area contributed by atoms with Crippen molar-refractivity contribution in [2.45, 2.75) is 37.8 Å². The molecule has 2 heterocycles. The molecule has 0 unspecified atom stereocenters. The number of rotatable bonds is 3. The third-order valence-corrected chi connectivity index (χ3v) is 5.30. The summed E-state index contributed by atoms with van der Waals surface area (Å²) in [6, 6.07) is 5.94. The minimum absolute atomic E-state index is 0.0407.